The molecule has 6 heteroatoms. The van der Waals surface area contributed by atoms with Gasteiger partial charge in [0.05, 0.1) is 7.11 Å². The highest BCUT2D eigenvalue weighted by Crippen LogP contribution is 2.30. The van der Waals surface area contributed by atoms with E-state index >= 15 is 0 Å². The zero-order chi connectivity index (χ0) is 15.4. The topological polar surface area (TPSA) is 38.7 Å². The number of benzene rings is 2. The first-order chi connectivity index (χ1) is 10.0. The Hall–Kier alpha value is -2.21. The zero-order valence-corrected chi connectivity index (χ0v) is 11.1. The van der Waals surface area contributed by atoms with Crippen molar-refractivity contribution in [3.63, 3.8) is 0 Å². The molecule has 0 aromatic heterocycles. The molecule has 3 nitrogen and oxygen atoms in total. The van der Waals surface area contributed by atoms with Crippen molar-refractivity contribution in [2.45, 2.75) is 6.10 Å². The number of aliphatic hydroxyl groups is 1. The highest BCUT2D eigenvalue weighted by molar-refractivity contribution is 5.40. The second-order valence-electron chi connectivity index (χ2n) is 4.26. The summed E-state index contributed by atoms with van der Waals surface area (Å²) in [5, 5.41) is 9.86. The van der Waals surface area contributed by atoms with E-state index in [4.69, 9.17) is 9.47 Å². The van der Waals surface area contributed by atoms with Crippen LogP contribution >= 0.6 is 0 Å². The minimum Gasteiger partial charge on any atom is -0.493 e. The molecule has 2 rings (SSSR count). The molecule has 0 heterocycles. The van der Waals surface area contributed by atoms with Crippen LogP contribution in [0.5, 0.6) is 11.5 Å². The van der Waals surface area contributed by atoms with E-state index in [-0.39, 0.29) is 17.1 Å². The Bertz CT molecular complexity index is 632. The second kappa shape index (κ2) is 6.49. The Labute approximate surface area is 119 Å². The number of para-hydroxylation sites is 1. The molecule has 0 aliphatic heterocycles. The fraction of sp³-hybridized carbons (Fsp3) is 0.200. The lowest BCUT2D eigenvalue weighted by Crippen LogP contribution is -2.12. The third-order valence-electron chi connectivity index (χ3n) is 2.86. The van der Waals surface area contributed by atoms with Crippen molar-refractivity contribution in [2.24, 2.45) is 0 Å². The van der Waals surface area contributed by atoms with Crippen LogP contribution in [0.3, 0.4) is 0 Å². The Balaban J connectivity index is 2.13. The molecule has 2 aromatic carbocycles. The van der Waals surface area contributed by atoms with E-state index in [0.717, 1.165) is 12.1 Å². The molecular formula is C15H13F3O3. The molecule has 21 heavy (non-hydrogen) atoms. The summed E-state index contributed by atoms with van der Waals surface area (Å²) in [4.78, 5) is 0. The number of aliphatic hydroxyl groups excluding tert-OH is 1. The number of halogens is 3. The van der Waals surface area contributed by atoms with Gasteiger partial charge < -0.3 is 14.6 Å². The van der Waals surface area contributed by atoms with Gasteiger partial charge >= 0.3 is 0 Å². The Kier molecular flexibility index (Phi) is 4.70. The highest BCUT2D eigenvalue weighted by Gasteiger charge is 2.17. The highest BCUT2D eigenvalue weighted by atomic mass is 19.1. The van der Waals surface area contributed by atoms with Gasteiger partial charge in [-0.2, -0.15) is 0 Å². The lowest BCUT2D eigenvalue weighted by Gasteiger charge is -2.15. The normalized spacial score (nSPS) is 12.0. The Morgan fingerprint density at radius 3 is 2.52 bits per heavy atom. The molecule has 0 aliphatic carbocycles. The van der Waals surface area contributed by atoms with Crippen LogP contribution in [0.2, 0.25) is 0 Å². The lowest BCUT2D eigenvalue weighted by atomic mass is 10.1. The molecule has 0 spiro atoms. The van der Waals surface area contributed by atoms with Gasteiger partial charge in [-0.25, -0.2) is 13.2 Å². The largest absolute Gasteiger partial charge is 0.493 e. The number of hydrogen-bond donors (Lipinski definition) is 1. The van der Waals surface area contributed by atoms with E-state index in [1.54, 1.807) is 0 Å². The molecule has 1 N–H and O–H groups in total. The van der Waals surface area contributed by atoms with Crippen molar-refractivity contribution in [3.8, 4) is 11.5 Å². The monoisotopic (exact) mass is 298 g/mol. The van der Waals surface area contributed by atoms with Crippen molar-refractivity contribution in [1.29, 1.82) is 0 Å². The number of methoxy groups -OCH3 is 1. The van der Waals surface area contributed by atoms with Gasteiger partial charge in [-0.1, -0.05) is 12.1 Å². The predicted octanol–water partition coefficient (Wildman–Crippen LogP) is 3.22. The molecule has 112 valence electrons. The van der Waals surface area contributed by atoms with Crippen LogP contribution in [0, 0.1) is 17.5 Å². The molecule has 0 saturated carbocycles. The van der Waals surface area contributed by atoms with Crippen LogP contribution in [0.15, 0.2) is 36.4 Å². The maximum absolute atomic E-state index is 13.6. The van der Waals surface area contributed by atoms with E-state index in [9.17, 15) is 18.3 Å². The van der Waals surface area contributed by atoms with Crippen molar-refractivity contribution >= 4 is 0 Å². The SMILES string of the molecule is COc1cccc(F)c1OCC(O)c1ccc(F)cc1F. The average molecular weight is 298 g/mol. The van der Waals surface area contributed by atoms with E-state index in [2.05, 4.69) is 0 Å². The zero-order valence-electron chi connectivity index (χ0n) is 11.1. The fourth-order valence-electron chi connectivity index (χ4n) is 1.81. The van der Waals surface area contributed by atoms with Gasteiger partial charge in [0.15, 0.2) is 17.3 Å². The van der Waals surface area contributed by atoms with Gasteiger partial charge in [0.1, 0.15) is 24.3 Å². The number of rotatable bonds is 5. The maximum atomic E-state index is 13.6. The van der Waals surface area contributed by atoms with Gasteiger partial charge in [0.25, 0.3) is 0 Å². The fourth-order valence-corrected chi connectivity index (χ4v) is 1.81. The second-order valence-corrected chi connectivity index (χ2v) is 4.26. The number of hydrogen-bond acceptors (Lipinski definition) is 3. The Morgan fingerprint density at radius 1 is 1.10 bits per heavy atom. The summed E-state index contributed by atoms with van der Waals surface area (Å²) in [6.07, 6.45) is -1.37. The molecule has 0 saturated heterocycles. The first kappa shape index (κ1) is 15.2. The Morgan fingerprint density at radius 2 is 1.86 bits per heavy atom. The summed E-state index contributed by atoms with van der Waals surface area (Å²) in [5.74, 6) is -2.34. The first-order valence-corrected chi connectivity index (χ1v) is 6.11. The summed E-state index contributed by atoms with van der Waals surface area (Å²) in [6, 6.07) is 6.88. The quantitative estimate of drug-likeness (QED) is 0.921. The molecule has 2 aromatic rings. The molecule has 0 amide bonds. The molecule has 0 radical (unpaired) electrons. The van der Waals surface area contributed by atoms with Gasteiger partial charge in [0.2, 0.25) is 0 Å². The van der Waals surface area contributed by atoms with Crippen LogP contribution < -0.4 is 9.47 Å². The molecule has 0 bridgehead atoms. The molecule has 0 fully saturated rings. The third-order valence-corrected chi connectivity index (χ3v) is 2.86. The van der Waals surface area contributed by atoms with Crippen LogP contribution in [-0.4, -0.2) is 18.8 Å². The van der Waals surface area contributed by atoms with Crippen molar-refractivity contribution in [2.75, 3.05) is 13.7 Å². The van der Waals surface area contributed by atoms with Crippen LogP contribution in [0.25, 0.3) is 0 Å². The molecule has 1 unspecified atom stereocenters. The third kappa shape index (κ3) is 3.46. The summed E-state index contributed by atoms with van der Waals surface area (Å²) in [7, 11) is 1.34. The maximum Gasteiger partial charge on any atom is 0.197 e. The first-order valence-electron chi connectivity index (χ1n) is 6.11. The summed E-state index contributed by atoms with van der Waals surface area (Å²) >= 11 is 0. The van der Waals surface area contributed by atoms with Crippen molar-refractivity contribution in [3.05, 3.63) is 59.4 Å². The van der Waals surface area contributed by atoms with E-state index in [1.165, 1.54) is 25.3 Å². The van der Waals surface area contributed by atoms with E-state index < -0.39 is 30.2 Å². The van der Waals surface area contributed by atoms with Gasteiger partial charge in [-0.3, -0.25) is 0 Å². The minimum atomic E-state index is -1.37. The van der Waals surface area contributed by atoms with Crippen LogP contribution in [0.4, 0.5) is 13.2 Å². The standard InChI is InChI=1S/C15H13F3O3/c1-20-14-4-2-3-11(17)15(14)21-8-13(19)10-6-5-9(16)7-12(10)18/h2-7,13,19H,8H2,1H3. The summed E-state index contributed by atoms with van der Waals surface area (Å²) < 4.78 is 50.0. The van der Waals surface area contributed by atoms with Crippen molar-refractivity contribution in [1.82, 2.24) is 0 Å². The minimum absolute atomic E-state index is 0.133. The smallest absolute Gasteiger partial charge is 0.197 e. The van der Waals surface area contributed by atoms with Crippen LogP contribution in [0.1, 0.15) is 11.7 Å². The molecule has 1 atom stereocenters. The van der Waals surface area contributed by atoms with Gasteiger partial charge in [-0.15, -0.1) is 0 Å². The van der Waals surface area contributed by atoms with Gasteiger partial charge in [0, 0.05) is 11.6 Å². The summed E-state index contributed by atoms with van der Waals surface area (Å²) in [5.41, 5.74) is -0.133. The lowest BCUT2D eigenvalue weighted by molar-refractivity contribution is 0.100. The van der Waals surface area contributed by atoms with Crippen LogP contribution in [-0.2, 0) is 0 Å². The average Bonchev–Trinajstić information content (AvgIpc) is 2.45. The number of ether oxygens (including phenoxy) is 2. The summed E-state index contributed by atoms with van der Waals surface area (Å²) in [6.45, 7) is -0.403. The van der Waals surface area contributed by atoms with E-state index in [0.29, 0.717) is 6.07 Å². The molecule has 0 aliphatic rings. The van der Waals surface area contributed by atoms with Gasteiger partial charge in [-0.05, 0) is 18.2 Å². The molecular weight excluding hydrogens is 285 g/mol. The predicted molar refractivity (Wildman–Crippen MR) is 69.8 cm³/mol. The van der Waals surface area contributed by atoms with E-state index in [1.807, 2.05) is 0 Å². The van der Waals surface area contributed by atoms with Crippen molar-refractivity contribution < 1.29 is 27.8 Å².